The Morgan fingerprint density at radius 3 is 2.63 bits per heavy atom. The molecule has 4 heteroatoms. The zero-order valence-corrected chi connectivity index (χ0v) is 12.2. The van der Waals surface area contributed by atoms with Crippen LogP contribution >= 0.6 is 0 Å². The summed E-state index contributed by atoms with van der Waals surface area (Å²) in [6.45, 7) is 3.04. The van der Waals surface area contributed by atoms with Crippen molar-refractivity contribution >= 4 is 0 Å². The van der Waals surface area contributed by atoms with Gasteiger partial charge in [-0.2, -0.15) is 5.10 Å². The smallest absolute Gasteiger partial charge is 0.161 e. The predicted molar refractivity (Wildman–Crippen MR) is 75.2 cm³/mol. The van der Waals surface area contributed by atoms with Gasteiger partial charge in [-0.05, 0) is 44.6 Å². The van der Waals surface area contributed by atoms with E-state index in [1.54, 1.807) is 7.11 Å². The first-order chi connectivity index (χ1) is 9.31. The Kier molecular flexibility index (Phi) is 3.52. The molecule has 1 heterocycles. The van der Waals surface area contributed by atoms with Crippen LogP contribution in [0.4, 0.5) is 0 Å². The second-order valence-electron chi connectivity index (χ2n) is 5.87. The van der Waals surface area contributed by atoms with E-state index in [0.29, 0.717) is 6.04 Å². The molecule has 1 N–H and O–H groups in total. The summed E-state index contributed by atoms with van der Waals surface area (Å²) in [5, 5.41) is 7.98. The van der Waals surface area contributed by atoms with Gasteiger partial charge >= 0.3 is 0 Å². The monoisotopic (exact) mass is 263 g/mol. The van der Waals surface area contributed by atoms with Crippen molar-refractivity contribution in [3.8, 4) is 5.75 Å². The lowest BCUT2D eigenvalue weighted by molar-refractivity contribution is 0.379. The van der Waals surface area contributed by atoms with E-state index in [9.17, 15) is 0 Å². The third-order valence-electron chi connectivity index (χ3n) is 5.08. The van der Waals surface area contributed by atoms with E-state index in [0.717, 1.165) is 30.0 Å². The molecule has 1 aromatic heterocycles. The minimum Gasteiger partial charge on any atom is -0.493 e. The number of ether oxygens (including phenoxy) is 1. The Balaban J connectivity index is 1.88. The summed E-state index contributed by atoms with van der Waals surface area (Å²) in [6.07, 6.45) is 7.51. The van der Waals surface area contributed by atoms with Crippen molar-refractivity contribution in [2.24, 2.45) is 17.8 Å². The average Bonchev–Trinajstić information content (AvgIpc) is 3.02. The van der Waals surface area contributed by atoms with E-state index < -0.39 is 0 Å². The summed E-state index contributed by atoms with van der Waals surface area (Å²) in [4.78, 5) is 0. The lowest BCUT2D eigenvalue weighted by Crippen LogP contribution is -2.24. The van der Waals surface area contributed by atoms with Gasteiger partial charge in [0.15, 0.2) is 5.75 Å². The summed E-state index contributed by atoms with van der Waals surface area (Å²) in [5.41, 5.74) is 1.24. The van der Waals surface area contributed by atoms with Gasteiger partial charge < -0.3 is 10.1 Å². The zero-order valence-electron chi connectivity index (χ0n) is 12.2. The summed E-state index contributed by atoms with van der Waals surface area (Å²) in [6, 6.07) is 0.394. The lowest BCUT2D eigenvalue weighted by atomic mass is 10.0. The van der Waals surface area contributed by atoms with Gasteiger partial charge in [0, 0.05) is 6.54 Å². The number of hydrogen-bond donors (Lipinski definition) is 1. The molecule has 3 unspecified atom stereocenters. The van der Waals surface area contributed by atoms with Crippen molar-refractivity contribution in [1.82, 2.24) is 15.1 Å². The zero-order chi connectivity index (χ0) is 13.4. The first-order valence-electron chi connectivity index (χ1n) is 7.58. The largest absolute Gasteiger partial charge is 0.493 e. The van der Waals surface area contributed by atoms with Gasteiger partial charge in [0.25, 0.3) is 0 Å². The van der Waals surface area contributed by atoms with E-state index in [-0.39, 0.29) is 0 Å². The van der Waals surface area contributed by atoms with Crippen molar-refractivity contribution in [1.29, 1.82) is 0 Å². The first kappa shape index (κ1) is 13.0. The van der Waals surface area contributed by atoms with Crippen LogP contribution < -0.4 is 10.1 Å². The van der Waals surface area contributed by atoms with Crippen LogP contribution in [-0.2, 0) is 6.54 Å². The SMILES string of the molecule is CCn1ncc(OC)c1C(NC)C1C2CCCCC21. The van der Waals surface area contributed by atoms with Gasteiger partial charge in [0.05, 0.1) is 25.0 Å². The van der Waals surface area contributed by atoms with E-state index in [1.165, 1.54) is 31.4 Å². The number of aromatic nitrogens is 2. The Bertz CT molecular complexity index is 409. The predicted octanol–water partition coefficient (Wildman–Crippen LogP) is 2.61. The van der Waals surface area contributed by atoms with Crippen LogP contribution in [0.5, 0.6) is 5.75 Å². The molecule has 4 nitrogen and oxygen atoms in total. The van der Waals surface area contributed by atoms with Crippen molar-refractivity contribution in [3.63, 3.8) is 0 Å². The molecule has 2 saturated carbocycles. The van der Waals surface area contributed by atoms with Crippen LogP contribution in [0.1, 0.15) is 44.3 Å². The third kappa shape index (κ3) is 2.06. The Morgan fingerprint density at radius 1 is 1.42 bits per heavy atom. The number of methoxy groups -OCH3 is 1. The van der Waals surface area contributed by atoms with Gasteiger partial charge in [0.1, 0.15) is 0 Å². The number of nitrogens with zero attached hydrogens (tertiary/aromatic N) is 2. The minimum absolute atomic E-state index is 0.394. The quantitative estimate of drug-likeness (QED) is 0.887. The minimum atomic E-state index is 0.394. The highest BCUT2D eigenvalue weighted by Gasteiger charge is 2.55. The first-order valence-corrected chi connectivity index (χ1v) is 7.58. The maximum atomic E-state index is 5.52. The molecule has 106 valence electrons. The van der Waals surface area contributed by atoms with E-state index in [1.807, 2.05) is 6.20 Å². The number of rotatable bonds is 5. The highest BCUT2D eigenvalue weighted by Crippen LogP contribution is 2.60. The van der Waals surface area contributed by atoms with E-state index in [2.05, 4.69) is 29.1 Å². The molecule has 2 aliphatic rings. The van der Waals surface area contributed by atoms with Gasteiger partial charge in [-0.15, -0.1) is 0 Å². The lowest BCUT2D eigenvalue weighted by Gasteiger charge is -2.19. The number of nitrogens with one attached hydrogen (secondary N) is 1. The van der Waals surface area contributed by atoms with Gasteiger partial charge in [-0.1, -0.05) is 12.8 Å². The second kappa shape index (κ2) is 5.16. The molecule has 19 heavy (non-hydrogen) atoms. The summed E-state index contributed by atoms with van der Waals surface area (Å²) >= 11 is 0. The fourth-order valence-electron chi connectivity index (χ4n) is 4.15. The Labute approximate surface area is 115 Å². The highest BCUT2D eigenvalue weighted by atomic mass is 16.5. The molecular weight excluding hydrogens is 238 g/mol. The highest BCUT2D eigenvalue weighted by molar-refractivity contribution is 5.31. The maximum absolute atomic E-state index is 5.52. The molecule has 0 amide bonds. The van der Waals surface area contributed by atoms with Crippen molar-refractivity contribution < 1.29 is 4.74 Å². The van der Waals surface area contributed by atoms with E-state index in [4.69, 9.17) is 4.74 Å². The van der Waals surface area contributed by atoms with Crippen LogP contribution in [0.15, 0.2) is 6.20 Å². The van der Waals surface area contributed by atoms with Crippen LogP contribution in [0.25, 0.3) is 0 Å². The second-order valence-corrected chi connectivity index (χ2v) is 5.87. The number of fused-ring (bicyclic) bond motifs is 1. The molecule has 0 aromatic carbocycles. The van der Waals surface area contributed by atoms with Crippen molar-refractivity contribution in [2.45, 2.75) is 45.2 Å². The molecule has 0 aliphatic heterocycles. The van der Waals surface area contributed by atoms with E-state index >= 15 is 0 Å². The summed E-state index contributed by atoms with van der Waals surface area (Å²) < 4.78 is 7.61. The number of hydrogen-bond acceptors (Lipinski definition) is 3. The average molecular weight is 263 g/mol. The van der Waals surface area contributed by atoms with Gasteiger partial charge in [-0.3, -0.25) is 4.68 Å². The molecule has 0 spiro atoms. The van der Waals surface area contributed by atoms with Crippen LogP contribution in [0, 0.1) is 17.8 Å². The molecular formula is C15H25N3O. The molecule has 0 saturated heterocycles. The summed E-state index contributed by atoms with van der Waals surface area (Å²) in [5.74, 6) is 3.57. The maximum Gasteiger partial charge on any atom is 0.161 e. The van der Waals surface area contributed by atoms with Gasteiger partial charge in [-0.25, -0.2) is 0 Å². The van der Waals surface area contributed by atoms with Crippen LogP contribution in [0.2, 0.25) is 0 Å². The Morgan fingerprint density at radius 2 is 2.11 bits per heavy atom. The molecule has 2 aliphatic carbocycles. The topological polar surface area (TPSA) is 39.1 Å². The fourth-order valence-corrected chi connectivity index (χ4v) is 4.15. The van der Waals surface area contributed by atoms with Crippen LogP contribution in [-0.4, -0.2) is 23.9 Å². The van der Waals surface area contributed by atoms with Crippen molar-refractivity contribution in [3.05, 3.63) is 11.9 Å². The molecule has 3 atom stereocenters. The molecule has 0 bridgehead atoms. The molecule has 3 rings (SSSR count). The van der Waals surface area contributed by atoms with Gasteiger partial charge in [0.2, 0.25) is 0 Å². The molecule has 0 radical (unpaired) electrons. The Hall–Kier alpha value is -1.03. The van der Waals surface area contributed by atoms with Crippen molar-refractivity contribution in [2.75, 3.05) is 14.2 Å². The molecule has 1 aromatic rings. The fraction of sp³-hybridized carbons (Fsp3) is 0.800. The normalized spacial score (nSPS) is 30.8. The number of aryl methyl sites for hydroxylation is 1. The van der Waals surface area contributed by atoms with Crippen LogP contribution in [0.3, 0.4) is 0 Å². The third-order valence-corrected chi connectivity index (χ3v) is 5.08. The standard InChI is InChI=1S/C15H25N3O/c1-4-18-15(12(19-3)9-17-18)14(16-2)13-10-7-5-6-8-11(10)13/h9-11,13-14,16H,4-8H2,1-3H3. The molecule has 2 fully saturated rings. The summed E-state index contributed by atoms with van der Waals surface area (Å²) in [7, 11) is 3.81.